The number of halogens is 1. The number of unbranched alkanes of at least 4 members (excludes halogenated alkanes) is 4. The van der Waals surface area contributed by atoms with E-state index >= 15 is 0 Å². The molecule has 0 heterocycles. The van der Waals surface area contributed by atoms with Crippen molar-refractivity contribution in [1.82, 2.24) is 0 Å². The van der Waals surface area contributed by atoms with Crippen molar-refractivity contribution in [3.8, 4) is 0 Å². The van der Waals surface area contributed by atoms with Gasteiger partial charge in [-0.05, 0) is 6.42 Å². The zero-order valence-corrected chi connectivity index (χ0v) is 9.42. The summed E-state index contributed by atoms with van der Waals surface area (Å²) in [6.07, 6.45) is 6.19. The first-order valence-electron chi connectivity index (χ1n) is 4.72. The van der Waals surface area contributed by atoms with Crippen molar-refractivity contribution in [2.75, 3.05) is 17.4 Å². The lowest BCUT2D eigenvalue weighted by Gasteiger charge is -1.99. The minimum Gasteiger partial charge on any atom is -0.260 e. The molecule has 3 heteroatoms. The highest BCUT2D eigenvalue weighted by atomic mass is 35.5. The third kappa shape index (κ3) is 8.54. The summed E-state index contributed by atoms with van der Waals surface area (Å²) in [5.41, 5.74) is 0. The molecule has 0 unspecified atom stereocenters. The summed E-state index contributed by atoms with van der Waals surface area (Å²) >= 11 is 5.47. The van der Waals surface area contributed by atoms with Gasteiger partial charge in [0.1, 0.15) is 0 Å². The molecule has 74 valence electrons. The van der Waals surface area contributed by atoms with E-state index in [0.717, 1.165) is 12.2 Å². The highest BCUT2D eigenvalue weighted by molar-refractivity contribution is 7.85. The van der Waals surface area contributed by atoms with Gasteiger partial charge in [0.25, 0.3) is 0 Å². The van der Waals surface area contributed by atoms with Crippen LogP contribution in [0.15, 0.2) is 0 Å². The molecule has 0 aliphatic rings. The van der Waals surface area contributed by atoms with Crippen molar-refractivity contribution < 1.29 is 4.21 Å². The van der Waals surface area contributed by atoms with E-state index in [0.29, 0.717) is 11.6 Å². The molecule has 0 rings (SSSR count). The summed E-state index contributed by atoms with van der Waals surface area (Å²) in [6.45, 7) is 2.20. The molecular formula is C9H19ClOS. The van der Waals surface area contributed by atoms with Crippen LogP contribution in [0.2, 0.25) is 0 Å². The van der Waals surface area contributed by atoms with E-state index in [-0.39, 0.29) is 0 Å². The Balaban J connectivity index is 3.03. The Kier molecular flexibility index (Phi) is 9.88. The molecular weight excluding hydrogens is 192 g/mol. The molecule has 0 aromatic carbocycles. The van der Waals surface area contributed by atoms with E-state index in [4.69, 9.17) is 11.6 Å². The van der Waals surface area contributed by atoms with Gasteiger partial charge in [-0.25, -0.2) is 0 Å². The first kappa shape index (κ1) is 12.4. The van der Waals surface area contributed by atoms with Crippen molar-refractivity contribution in [1.29, 1.82) is 0 Å². The summed E-state index contributed by atoms with van der Waals surface area (Å²) < 4.78 is 11.1. The first-order valence-corrected chi connectivity index (χ1v) is 6.74. The number of rotatable bonds is 8. The molecule has 12 heavy (non-hydrogen) atoms. The molecule has 0 aliphatic carbocycles. The number of alkyl halides is 1. The quantitative estimate of drug-likeness (QED) is 0.445. The number of hydrogen-bond acceptors (Lipinski definition) is 1. The normalized spacial score (nSPS) is 13.2. The van der Waals surface area contributed by atoms with Gasteiger partial charge >= 0.3 is 0 Å². The van der Waals surface area contributed by atoms with Gasteiger partial charge in [-0.15, -0.1) is 11.6 Å². The minimum absolute atomic E-state index is 0.529. The van der Waals surface area contributed by atoms with Crippen molar-refractivity contribution in [2.24, 2.45) is 0 Å². The maximum atomic E-state index is 11.1. The lowest BCUT2D eigenvalue weighted by molar-refractivity contribution is 0.648. The van der Waals surface area contributed by atoms with Gasteiger partial charge in [0, 0.05) is 28.2 Å². The summed E-state index contributed by atoms with van der Waals surface area (Å²) in [5.74, 6) is 2.04. The average Bonchev–Trinajstić information content (AvgIpc) is 2.05. The van der Waals surface area contributed by atoms with Crippen LogP contribution in [0.1, 0.15) is 39.0 Å². The van der Waals surface area contributed by atoms with Gasteiger partial charge in [0.15, 0.2) is 0 Å². The van der Waals surface area contributed by atoms with Crippen LogP contribution in [0.3, 0.4) is 0 Å². The standard InChI is InChI=1S/C9H19ClOS/c1-2-3-4-5-6-8-12(11)9-7-10/h2-9H2,1H3/t12-/m0/s1. The zero-order chi connectivity index (χ0) is 9.23. The summed E-state index contributed by atoms with van der Waals surface area (Å²) in [6, 6.07) is 0. The van der Waals surface area contributed by atoms with Crippen LogP contribution in [0.4, 0.5) is 0 Å². The second-order valence-electron chi connectivity index (χ2n) is 2.95. The van der Waals surface area contributed by atoms with Crippen molar-refractivity contribution in [2.45, 2.75) is 39.0 Å². The molecule has 0 saturated carbocycles. The molecule has 0 aliphatic heterocycles. The SMILES string of the molecule is CCCCCCC[S@](=O)CCCl. The fourth-order valence-corrected chi connectivity index (χ4v) is 2.47. The fraction of sp³-hybridized carbons (Fsp3) is 1.00. The van der Waals surface area contributed by atoms with Crippen LogP contribution >= 0.6 is 11.6 Å². The maximum Gasteiger partial charge on any atom is 0.0370 e. The second-order valence-corrected chi connectivity index (χ2v) is 5.03. The Bertz CT molecular complexity index is 117. The maximum absolute atomic E-state index is 11.1. The van der Waals surface area contributed by atoms with Gasteiger partial charge < -0.3 is 0 Å². The zero-order valence-electron chi connectivity index (χ0n) is 7.85. The number of hydrogen-bond donors (Lipinski definition) is 0. The highest BCUT2D eigenvalue weighted by Gasteiger charge is 1.97. The Morgan fingerprint density at radius 2 is 1.75 bits per heavy atom. The molecule has 0 amide bonds. The van der Waals surface area contributed by atoms with Crippen LogP contribution < -0.4 is 0 Å². The molecule has 1 atom stereocenters. The third-order valence-corrected chi connectivity index (χ3v) is 3.60. The molecule has 0 radical (unpaired) electrons. The van der Waals surface area contributed by atoms with Gasteiger partial charge in [0.05, 0.1) is 0 Å². The third-order valence-electron chi connectivity index (χ3n) is 1.78. The molecule has 0 N–H and O–H groups in total. The second kappa shape index (κ2) is 9.53. The Morgan fingerprint density at radius 1 is 1.08 bits per heavy atom. The van der Waals surface area contributed by atoms with Crippen LogP contribution in [-0.2, 0) is 10.8 Å². The van der Waals surface area contributed by atoms with E-state index in [1.165, 1.54) is 25.7 Å². The molecule has 0 aromatic heterocycles. The molecule has 0 aromatic rings. The van der Waals surface area contributed by atoms with E-state index in [9.17, 15) is 4.21 Å². The van der Waals surface area contributed by atoms with E-state index in [1.54, 1.807) is 0 Å². The van der Waals surface area contributed by atoms with Crippen LogP contribution in [0, 0.1) is 0 Å². The van der Waals surface area contributed by atoms with Crippen LogP contribution in [0.25, 0.3) is 0 Å². The van der Waals surface area contributed by atoms with Gasteiger partial charge in [-0.2, -0.15) is 0 Å². The Hall–Kier alpha value is 0.440. The van der Waals surface area contributed by atoms with E-state index in [2.05, 4.69) is 6.92 Å². The van der Waals surface area contributed by atoms with Gasteiger partial charge in [0.2, 0.25) is 0 Å². The van der Waals surface area contributed by atoms with Gasteiger partial charge in [-0.1, -0.05) is 32.6 Å². The Morgan fingerprint density at radius 3 is 2.33 bits per heavy atom. The first-order chi connectivity index (χ1) is 5.81. The lowest BCUT2D eigenvalue weighted by Crippen LogP contribution is -2.03. The highest BCUT2D eigenvalue weighted by Crippen LogP contribution is 2.03. The molecule has 0 spiro atoms. The molecule has 1 nitrogen and oxygen atoms in total. The summed E-state index contributed by atoms with van der Waals surface area (Å²) in [5, 5.41) is 0. The van der Waals surface area contributed by atoms with E-state index < -0.39 is 10.8 Å². The minimum atomic E-state index is -0.657. The van der Waals surface area contributed by atoms with Crippen LogP contribution in [0.5, 0.6) is 0 Å². The smallest absolute Gasteiger partial charge is 0.0370 e. The van der Waals surface area contributed by atoms with Crippen molar-refractivity contribution in [3.63, 3.8) is 0 Å². The average molecular weight is 211 g/mol. The Labute approximate surface area is 83.3 Å². The predicted molar refractivity (Wildman–Crippen MR) is 57.4 cm³/mol. The lowest BCUT2D eigenvalue weighted by atomic mass is 10.2. The van der Waals surface area contributed by atoms with Crippen molar-refractivity contribution in [3.05, 3.63) is 0 Å². The predicted octanol–water partition coefficient (Wildman–Crippen LogP) is 2.94. The summed E-state index contributed by atoms with van der Waals surface area (Å²) in [4.78, 5) is 0. The van der Waals surface area contributed by atoms with Crippen LogP contribution in [-0.4, -0.2) is 21.6 Å². The monoisotopic (exact) mass is 210 g/mol. The largest absolute Gasteiger partial charge is 0.260 e. The van der Waals surface area contributed by atoms with E-state index in [1.807, 2.05) is 0 Å². The van der Waals surface area contributed by atoms with Gasteiger partial charge in [-0.3, -0.25) is 4.21 Å². The topological polar surface area (TPSA) is 17.1 Å². The fourth-order valence-electron chi connectivity index (χ4n) is 1.05. The summed E-state index contributed by atoms with van der Waals surface area (Å²) in [7, 11) is -0.657. The molecule has 0 saturated heterocycles. The molecule has 0 bridgehead atoms. The van der Waals surface area contributed by atoms with Crippen molar-refractivity contribution >= 4 is 22.4 Å². The molecule has 0 fully saturated rings.